The lowest BCUT2D eigenvalue weighted by molar-refractivity contribution is 0.190. The van der Waals surface area contributed by atoms with Crippen LogP contribution in [-0.4, -0.2) is 24.7 Å². The Bertz CT molecular complexity index is 379. The summed E-state index contributed by atoms with van der Waals surface area (Å²) < 4.78 is 5.07. The third kappa shape index (κ3) is 3.47. The van der Waals surface area contributed by atoms with Crippen LogP contribution in [0.5, 0.6) is 0 Å². The Kier molecular flexibility index (Phi) is 4.71. The van der Waals surface area contributed by atoms with Gasteiger partial charge in [0.25, 0.3) is 0 Å². The SMILES string of the molecule is COCC(C)Nc1ccc(C(N)=S)cc1C. The second-order valence-corrected chi connectivity index (χ2v) is 4.33. The summed E-state index contributed by atoms with van der Waals surface area (Å²) in [7, 11) is 1.70. The fraction of sp³-hybridized carbons (Fsp3) is 0.417. The van der Waals surface area contributed by atoms with Crippen molar-refractivity contribution in [2.75, 3.05) is 19.0 Å². The van der Waals surface area contributed by atoms with Gasteiger partial charge in [0.05, 0.1) is 6.61 Å². The average Bonchev–Trinajstić information content (AvgIpc) is 2.21. The van der Waals surface area contributed by atoms with Crippen molar-refractivity contribution in [2.45, 2.75) is 19.9 Å². The van der Waals surface area contributed by atoms with Crippen molar-refractivity contribution >= 4 is 22.9 Å². The highest BCUT2D eigenvalue weighted by molar-refractivity contribution is 7.80. The maximum Gasteiger partial charge on any atom is 0.103 e. The molecule has 0 heterocycles. The van der Waals surface area contributed by atoms with E-state index in [1.807, 2.05) is 25.1 Å². The second-order valence-electron chi connectivity index (χ2n) is 3.89. The monoisotopic (exact) mass is 238 g/mol. The van der Waals surface area contributed by atoms with Crippen LogP contribution in [0.1, 0.15) is 18.1 Å². The fourth-order valence-corrected chi connectivity index (χ4v) is 1.66. The largest absolute Gasteiger partial charge is 0.389 e. The van der Waals surface area contributed by atoms with E-state index in [1.165, 1.54) is 0 Å². The number of nitrogens with one attached hydrogen (secondary N) is 1. The Morgan fingerprint density at radius 1 is 1.56 bits per heavy atom. The van der Waals surface area contributed by atoms with E-state index >= 15 is 0 Å². The third-order valence-corrected chi connectivity index (χ3v) is 2.57. The van der Waals surface area contributed by atoms with Gasteiger partial charge in [0.2, 0.25) is 0 Å². The van der Waals surface area contributed by atoms with Gasteiger partial charge in [-0.25, -0.2) is 0 Å². The van der Waals surface area contributed by atoms with E-state index in [2.05, 4.69) is 12.2 Å². The van der Waals surface area contributed by atoms with E-state index in [9.17, 15) is 0 Å². The lowest BCUT2D eigenvalue weighted by Crippen LogP contribution is -2.21. The van der Waals surface area contributed by atoms with Gasteiger partial charge in [0, 0.05) is 24.4 Å². The van der Waals surface area contributed by atoms with Crippen LogP contribution < -0.4 is 11.1 Å². The van der Waals surface area contributed by atoms with Crippen LogP contribution in [0.15, 0.2) is 18.2 Å². The Morgan fingerprint density at radius 3 is 2.75 bits per heavy atom. The maximum atomic E-state index is 5.57. The number of hydrogen-bond acceptors (Lipinski definition) is 3. The molecule has 3 nitrogen and oxygen atoms in total. The lowest BCUT2D eigenvalue weighted by atomic mass is 10.1. The van der Waals surface area contributed by atoms with Crippen molar-refractivity contribution in [3.63, 3.8) is 0 Å². The quantitative estimate of drug-likeness (QED) is 0.771. The molecule has 0 saturated carbocycles. The van der Waals surface area contributed by atoms with Gasteiger partial charge in [-0.1, -0.05) is 12.2 Å². The van der Waals surface area contributed by atoms with E-state index in [-0.39, 0.29) is 6.04 Å². The zero-order chi connectivity index (χ0) is 12.1. The Morgan fingerprint density at radius 2 is 2.25 bits per heavy atom. The van der Waals surface area contributed by atoms with Gasteiger partial charge in [0.15, 0.2) is 0 Å². The molecule has 0 aromatic heterocycles. The summed E-state index contributed by atoms with van der Waals surface area (Å²) in [4.78, 5) is 0.430. The summed E-state index contributed by atoms with van der Waals surface area (Å²) in [5.74, 6) is 0. The van der Waals surface area contributed by atoms with Crippen molar-refractivity contribution in [3.05, 3.63) is 29.3 Å². The fourth-order valence-electron chi connectivity index (χ4n) is 1.54. The highest BCUT2D eigenvalue weighted by Crippen LogP contribution is 2.17. The van der Waals surface area contributed by atoms with Gasteiger partial charge >= 0.3 is 0 Å². The molecule has 0 aliphatic rings. The van der Waals surface area contributed by atoms with Crippen molar-refractivity contribution in [1.82, 2.24) is 0 Å². The number of anilines is 1. The van der Waals surface area contributed by atoms with Crippen LogP contribution in [0, 0.1) is 6.92 Å². The molecule has 1 atom stereocenters. The number of aryl methyl sites for hydroxylation is 1. The van der Waals surface area contributed by atoms with Gasteiger partial charge in [-0.2, -0.15) is 0 Å². The second kappa shape index (κ2) is 5.82. The number of methoxy groups -OCH3 is 1. The first kappa shape index (κ1) is 12.9. The van der Waals surface area contributed by atoms with E-state index in [4.69, 9.17) is 22.7 Å². The third-order valence-electron chi connectivity index (χ3n) is 2.33. The van der Waals surface area contributed by atoms with Gasteiger partial charge in [-0.05, 0) is 37.6 Å². The zero-order valence-corrected chi connectivity index (χ0v) is 10.7. The molecular weight excluding hydrogens is 220 g/mol. The molecule has 4 heteroatoms. The Balaban J connectivity index is 2.79. The highest BCUT2D eigenvalue weighted by Gasteiger charge is 2.05. The van der Waals surface area contributed by atoms with Crippen LogP contribution in [-0.2, 0) is 4.74 Å². The summed E-state index contributed by atoms with van der Waals surface area (Å²) in [6.07, 6.45) is 0. The molecule has 0 aliphatic carbocycles. The van der Waals surface area contributed by atoms with Gasteiger partial charge in [-0.15, -0.1) is 0 Å². The van der Waals surface area contributed by atoms with Crippen molar-refractivity contribution in [2.24, 2.45) is 5.73 Å². The smallest absolute Gasteiger partial charge is 0.103 e. The number of thiocarbonyl (C=S) groups is 1. The minimum Gasteiger partial charge on any atom is -0.389 e. The molecule has 0 aliphatic heterocycles. The van der Waals surface area contributed by atoms with Crippen LogP contribution in [0.3, 0.4) is 0 Å². The molecule has 1 aromatic rings. The summed E-state index contributed by atoms with van der Waals surface area (Å²) in [6.45, 7) is 4.78. The molecule has 0 fully saturated rings. The lowest BCUT2D eigenvalue weighted by Gasteiger charge is -2.16. The van der Waals surface area contributed by atoms with Crippen LogP contribution in [0.2, 0.25) is 0 Å². The molecular formula is C12H18N2OS. The topological polar surface area (TPSA) is 47.3 Å². The van der Waals surface area contributed by atoms with E-state index in [0.717, 1.165) is 16.8 Å². The first-order valence-electron chi connectivity index (χ1n) is 5.20. The number of ether oxygens (including phenoxy) is 1. The van der Waals surface area contributed by atoms with E-state index in [1.54, 1.807) is 7.11 Å². The first-order chi connectivity index (χ1) is 7.54. The number of nitrogens with two attached hydrogens (primary N) is 1. The highest BCUT2D eigenvalue weighted by atomic mass is 32.1. The Labute approximate surface area is 102 Å². The van der Waals surface area contributed by atoms with Crippen LogP contribution >= 0.6 is 12.2 Å². The molecule has 1 aromatic carbocycles. The normalized spacial score (nSPS) is 12.2. The minimum absolute atomic E-state index is 0.277. The maximum absolute atomic E-state index is 5.57. The number of rotatable bonds is 5. The summed E-state index contributed by atoms with van der Waals surface area (Å²) in [5.41, 5.74) is 8.69. The van der Waals surface area contributed by atoms with Gasteiger partial charge in [-0.3, -0.25) is 0 Å². The van der Waals surface area contributed by atoms with E-state index in [0.29, 0.717) is 11.6 Å². The standard InChI is InChI=1S/C12H18N2OS/c1-8-6-10(12(13)16)4-5-11(8)14-9(2)7-15-3/h4-6,9,14H,7H2,1-3H3,(H2,13,16). The number of benzene rings is 1. The first-order valence-corrected chi connectivity index (χ1v) is 5.61. The Hall–Kier alpha value is -1.13. The molecule has 1 unspecified atom stereocenters. The average molecular weight is 238 g/mol. The molecule has 0 radical (unpaired) electrons. The summed E-state index contributed by atoms with van der Waals surface area (Å²) >= 11 is 4.93. The molecule has 0 spiro atoms. The predicted molar refractivity (Wildman–Crippen MR) is 72.0 cm³/mol. The number of hydrogen-bond donors (Lipinski definition) is 2. The predicted octanol–water partition coefficient (Wildman–Crippen LogP) is 2.08. The molecule has 16 heavy (non-hydrogen) atoms. The summed E-state index contributed by atoms with van der Waals surface area (Å²) in [6, 6.07) is 6.19. The zero-order valence-electron chi connectivity index (χ0n) is 9.91. The van der Waals surface area contributed by atoms with Crippen molar-refractivity contribution < 1.29 is 4.74 Å². The molecule has 1 rings (SSSR count). The molecule has 0 bridgehead atoms. The van der Waals surface area contributed by atoms with Crippen LogP contribution in [0.4, 0.5) is 5.69 Å². The molecule has 3 N–H and O–H groups in total. The summed E-state index contributed by atoms with van der Waals surface area (Å²) in [5, 5.41) is 3.37. The van der Waals surface area contributed by atoms with Gasteiger partial charge < -0.3 is 15.8 Å². The molecule has 0 saturated heterocycles. The van der Waals surface area contributed by atoms with Crippen molar-refractivity contribution in [1.29, 1.82) is 0 Å². The molecule has 0 amide bonds. The van der Waals surface area contributed by atoms with E-state index < -0.39 is 0 Å². The van der Waals surface area contributed by atoms with Crippen LogP contribution in [0.25, 0.3) is 0 Å². The van der Waals surface area contributed by atoms with Crippen molar-refractivity contribution in [3.8, 4) is 0 Å². The minimum atomic E-state index is 0.277. The molecule has 88 valence electrons. The van der Waals surface area contributed by atoms with Gasteiger partial charge in [0.1, 0.15) is 4.99 Å².